The van der Waals surface area contributed by atoms with Crippen LogP contribution in [0.1, 0.15) is 24.6 Å². The molecule has 0 bridgehead atoms. The third kappa shape index (κ3) is 0.903. The Morgan fingerprint density at radius 3 is 3.27 bits per heavy atom. The van der Waals surface area contributed by atoms with E-state index in [-0.39, 0.29) is 6.10 Å². The van der Waals surface area contributed by atoms with Crippen molar-refractivity contribution >= 4 is 5.95 Å². The summed E-state index contributed by atoms with van der Waals surface area (Å²) in [5.41, 5.74) is 6.42. The first-order valence-electron chi connectivity index (χ1n) is 3.78. The summed E-state index contributed by atoms with van der Waals surface area (Å²) >= 11 is 0. The minimum absolute atomic E-state index is 0.367. The molecule has 0 saturated carbocycles. The first-order valence-corrected chi connectivity index (χ1v) is 3.78. The molecule has 4 nitrogen and oxygen atoms in total. The number of fused-ring (bicyclic) bond motifs is 1. The number of hydrogen-bond acceptors (Lipinski definition) is 3. The van der Waals surface area contributed by atoms with Crippen LogP contribution in [-0.4, -0.2) is 14.7 Å². The van der Waals surface area contributed by atoms with Crippen molar-refractivity contribution in [1.82, 2.24) is 9.55 Å². The van der Waals surface area contributed by atoms with Gasteiger partial charge in [0.05, 0.1) is 18.0 Å². The summed E-state index contributed by atoms with van der Waals surface area (Å²) in [7, 11) is 0. The predicted molar refractivity (Wildman–Crippen MR) is 40.8 cm³/mol. The largest absolute Gasteiger partial charge is 0.387 e. The lowest BCUT2D eigenvalue weighted by Crippen LogP contribution is -2.16. The number of hydrogen-bond donors (Lipinski definition) is 2. The van der Waals surface area contributed by atoms with Gasteiger partial charge in [0.1, 0.15) is 0 Å². The fraction of sp³-hybridized carbons (Fsp3) is 0.571. The van der Waals surface area contributed by atoms with Gasteiger partial charge in [0.2, 0.25) is 0 Å². The molecule has 0 saturated heterocycles. The van der Waals surface area contributed by atoms with Gasteiger partial charge >= 0.3 is 0 Å². The summed E-state index contributed by atoms with van der Waals surface area (Å²) < 4.78 is 1.87. The van der Waals surface area contributed by atoms with Crippen LogP contribution >= 0.6 is 0 Å². The molecule has 1 aliphatic rings. The van der Waals surface area contributed by atoms with Gasteiger partial charge in [0.25, 0.3) is 0 Å². The zero-order chi connectivity index (χ0) is 7.84. The van der Waals surface area contributed by atoms with E-state index in [9.17, 15) is 5.11 Å². The highest BCUT2D eigenvalue weighted by atomic mass is 16.3. The Kier molecular flexibility index (Phi) is 1.35. The number of aliphatic hydroxyl groups excluding tert-OH is 1. The molecule has 1 aromatic rings. The maximum Gasteiger partial charge on any atom is 0.200 e. The highest BCUT2D eigenvalue weighted by Gasteiger charge is 2.19. The van der Waals surface area contributed by atoms with E-state index in [1.54, 1.807) is 6.20 Å². The molecule has 2 heterocycles. The van der Waals surface area contributed by atoms with Crippen LogP contribution in [0.25, 0.3) is 0 Å². The molecule has 0 fully saturated rings. The quantitative estimate of drug-likeness (QED) is 0.563. The summed E-state index contributed by atoms with van der Waals surface area (Å²) in [4.78, 5) is 3.93. The third-order valence-electron chi connectivity index (χ3n) is 2.12. The normalized spacial score (nSPS) is 23.2. The number of imidazole rings is 1. The lowest BCUT2D eigenvalue weighted by molar-refractivity contribution is 0.139. The van der Waals surface area contributed by atoms with Crippen LogP contribution in [0, 0.1) is 0 Å². The van der Waals surface area contributed by atoms with Crippen LogP contribution in [0.2, 0.25) is 0 Å². The zero-order valence-electron chi connectivity index (χ0n) is 6.20. The fourth-order valence-corrected chi connectivity index (χ4v) is 1.50. The van der Waals surface area contributed by atoms with Gasteiger partial charge in [0, 0.05) is 6.54 Å². The zero-order valence-corrected chi connectivity index (χ0v) is 6.20. The van der Waals surface area contributed by atoms with E-state index in [1.165, 1.54) is 0 Å². The number of rotatable bonds is 0. The first kappa shape index (κ1) is 6.67. The van der Waals surface area contributed by atoms with E-state index >= 15 is 0 Å². The molecule has 4 heteroatoms. The Morgan fingerprint density at radius 2 is 2.55 bits per heavy atom. The molecular formula is C7H11N3O. The van der Waals surface area contributed by atoms with Crippen molar-refractivity contribution in [2.75, 3.05) is 5.73 Å². The standard InChI is InChI=1S/C7H11N3O/c8-7-9-4-5-6(11)2-1-3-10(5)7/h4,6,11H,1-3H2,(H2,8,9). The highest BCUT2D eigenvalue weighted by molar-refractivity contribution is 5.24. The summed E-state index contributed by atoms with van der Waals surface area (Å²) in [6.45, 7) is 0.887. The van der Waals surface area contributed by atoms with E-state index in [1.807, 2.05) is 4.57 Å². The molecule has 0 aliphatic carbocycles. The van der Waals surface area contributed by atoms with Gasteiger partial charge < -0.3 is 15.4 Å². The summed E-state index contributed by atoms with van der Waals surface area (Å²) in [6.07, 6.45) is 3.09. The van der Waals surface area contributed by atoms with Crippen LogP contribution < -0.4 is 5.73 Å². The van der Waals surface area contributed by atoms with E-state index in [2.05, 4.69) is 4.98 Å². The highest BCUT2D eigenvalue weighted by Crippen LogP contribution is 2.26. The maximum absolute atomic E-state index is 9.46. The second-order valence-corrected chi connectivity index (χ2v) is 2.85. The van der Waals surface area contributed by atoms with E-state index in [0.29, 0.717) is 5.95 Å². The number of nitrogens with two attached hydrogens (primary N) is 1. The molecule has 1 aromatic heterocycles. The second-order valence-electron chi connectivity index (χ2n) is 2.85. The van der Waals surface area contributed by atoms with Crippen molar-refractivity contribution in [1.29, 1.82) is 0 Å². The number of nitrogen functional groups attached to an aromatic ring is 1. The fourth-order valence-electron chi connectivity index (χ4n) is 1.50. The maximum atomic E-state index is 9.46. The monoisotopic (exact) mass is 153 g/mol. The summed E-state index contributed by atoms with van der Waals surface area (Å²) in [5, 5.41) is 9.46. The number of aliphatic hydroxyl groups is 1. The van der Waals surface area contributed by atoms with Crippen molar-refractivity contribution in [3.05, 3.63) is 11.9 Å². The molecule has 11 heavy (non-hydrogen) atoms. The van der Waals surface area contributed by atoms with Gasteiger partial charge in [-0.2, -0.15) is 0 Å². The first-order chi connectivity index (χ1) is 5.29. The van der Waals surface area contributed by atoms with Gasteiger partial charge in [-0.3, -0.25) is 0 Å². The van der Waals surface area contributed by atoms with Crippen LogP contribution in [0.3, 0.4) is 0 Å². The molecule has 0 spiro atoms. The van der Waals surface area contributed by atoms with Crippen molar-refractivity contribution in [2.45, 2.75) is 25.5 Å². The van der Waals surface area contributed by atoms with Crippen LogP contribution in [0.15, 0.2) is 6.20 Å². The smallest absolute Gasteiger partial charge is 0.200 e. The van der Waals surface area contributed by atoms with E-state index in [0.717, 1.165) is 25.1 Å². The molecule has 0 amide bonds. The van der Waals surface area contributed by atoms with E-state index < -0.39 is 0 Å². The van der Waals surface area contributed by atoms with E-state index in [4.69, 9.17) is 5.73 Å². The molecule has 1 aliphatic heterocycles. The Morgan fingerprint density at radius 1 is 1.73 bits per heavy atom. The Hall–Kier alpha value is -1.03. The molecule has 1 unspecified atom stereocenters. The van der Waals surface area contributed by atoms with Crippen LogP contribution in [0.4, 0.5) is 5.95 Å². The van der Waals surface area contributed by atoms with Gasteiger partial charge in [-0.05, 0) is 12.8 Å². The Labute approximate surface area is 64.7 Å². The average molecular weight is 153 g/mol. The van der Waals surface area contributed by atoms with Crippen molar-refractivity contribution in [3.8, 4) is 0 Å². The number of aromatic nitrogens is 2. The summed E-state index contributed by atoms with van der Waals surface area (Å²) in [6, 6.07) is 0. The van der Waals surface area contributed by atoms with Gasteiger partial charge in [0.15, 0.2) is 5.95 Å². The minimum atomic E-state index is -0.367. The Bertz CT molecular complexity index is 269. The molecule has 2 rings (SSSR count). The molecule has 3 N–H and O–H groups in total. The van der Waals surface area contributed by atoms with Crippen molar-refractivity contribution in [2.24, 2.45) is 0 Å². The van der Waals surface area contributed by atoms with Gasteiger partial charge in [-0.15, -0.1) is 0 Å². The molecule has 1 atom stereocenters. The van der Waals surface area contributed by atoms with Gasteiger partial charge in [-0.25, -0.2) is 4.98 Å². The minimum Gasteiger partial charge on any atom is -0.387 e. The topological polar surface area (TPSA) is 64.1 Å². The Balaban J connectivity index is 2.46. The lowest BCUT2D eigenvalue weighted by atomic mass is 10.1. The van der Waals surface area contributed by atoms with Crippen molar-refractivity contribution < 1.29 is 5.11 Å². The number of nitrogens with zero attached hydrogens (tertiary/aromatic N) is 2. The second kappa shape index (κ2) is 2.23. The van der Waals surface area contributed by atoms with Crippen LogP contribution in [-0.2, 0) is 6.54 Å². The van der Waals surface area contributed by atoms with Crippen LogP contribution in [0.5, 0.6) is 0 Å². The molecule has 0 radical (unpaired) electrons. The average Bonchev–Trinajstić information content (AvgIpc) is 2.35. The SMILES string of the molecule is Nc1ncc2n1CCCC2O. The summed E-state index contributed by atoms with van der Waals surface area (Å²) in [5.74, 6) is 0.513. The third-order valence-corrected chi connectivity index (χ3v) is 2.12. The van der Waals surface area contributed by atoms with Crippen molar-refractivity contribution in [3.63, 3.8) is 0 Å². The van der Waals surface area contributed by atoms with Gasteiger partial charge in [-0.1, -0.05) is 0 Å². The molecular weight excluding hydrogens is 142 g/mol. The predicted octanol–water partition coefficient (Wildman–Crippen LogP) is 0.292. The lowest BCUT2D eigenvalue weighted by Gasteiger charge is -2.19. The number of anilines is 1. The molecule has 0 aromatic carbocycles. The molecule has 60 valence electrons.